The molecule has 41 heavy (non-hydrogen) atoms. The molecule has 3 aliphatic rings. The highest BCUT2D eigenvalue weighted by atomic mass is 32.7. The van der Waals surface area contributed by atoms with E-state index in [-0.39, 0.29) is 24.1 Å². The minimum atomic E-state index is -4.21. The Morgan fingerprint density at radius 3 is 2.68 bits per heavy atom. The van der Waals surface area contributed by atoms with Crippen molar-refractivity contribution in [1.29, 1.82) is 0 Å². The van der Waals surface area contributed by atoms with Gasteiger partial charge in [-0.2, -0.15) is 0 Å². The predicted octanol–water partition coefficient (Wildman–Crippen LogP) is 2.66. The number of nitrogens with zero attached hydrogens (tertiary/aromatic N) is 4. The number of hydrogen-bond donors (Lipinski definition) is 4. The fourth-order valence-corrected chi connectivity index (χ4v) is 8.20. The van der Waals surface area contributed by atoms with E-state index in [9.17, 15) is 23.4 Å². The zero-order chi connectivity index (χ0) is 28.9. The molecule has 0 amide bonds. The monoisotopic (exact) mass is 651 g/mol. The van der Waals surface area contributed by atoms with Crippen molar-refractivity contribution in [3.8, 4) is 5.88 Å². The molecule has 15 nitrogen and oxygen atoms in total. The summed E-state index contributed by atoms with van der Waals surface area (Å²) in [6.07, 6.45) is -1.33. The molecule has 20 heteroatoms. The van der Waals surface area contributed by atoms with Crippen LogP contribution in [0.1, 0.15) is 19.1 Å². The molecule has 5 heterocycles. The minimum absolute atomic E-state index is 0.124. The third kappa shape index (κ3) is 6.13. The lowest BCUT2D eigenvalue weighted by molar-refractivity contribution is -0.0487. The van der Waals surface area contributed by atoms with E-state index in [1.807, 2.05) is 0 Å². The van der Waals surface area contributed by atoms with E-state index in [0.717, 1.165) is 17.1 Å². The van der Waals surface area contributed by atoms with Crippen LogP contribution in [0.3, 0.4) is 0 Å². The van der Waals surface area contributed by atoms with Gasteiger partial charge in [0.1, 0.15) is 36.1 Å². The van der Waals surface area contributed by atoms with Gasteiger partial charge in [0.05, 0.1) is 25.6 Å². The number of fused-ring (bicyclic) bond motifs is 4. The van der Waals surface area contributed by atoms with Crippen LogP contribution < -0.4 is 10.3 Å². The molecule has 2 saturated heterocycles. The first-order valence-electron chi connectivity index (χ1n) is 12.3. The quantitative estimate of drug-likeness (QED) is 0.240. The van der Waals surface area contributed by atoms with E-state index in [2.05, 4.69) is 44.4 Å². The first-order valence-corrected chi connectivity index (χ1v) is 17.7. The van der Waals surface area contributed by atoms with Crippen molar-refractivity contribution in [2.75, 3.05) is 13.2 Å². The van der Waals surface area contributed by atoms with Crippen LogP contribution in [-0.4, -0.2) is 73.3 Å². The predicted molar refractivity (Wildman–Crippen MR) is 144 cm³/mol. The first kappa shape index (κ1) is 29.2. The van der Waals surface area contributed by atoms with Crippen molar-refractivity contribution in [2.45, 2.75) is 49.6 Å². The van der Waals surface area contributed by atoms with Crippen molar-refractivity contribution in [3.63, 3.8) is 0 Å². The highest BCUT2D eigenvalue weighted by Gasteiger charge is 2.51. The van der Waals surface area contributed by atoms with E-state index in [4.69, 9.17) is 27.6 Å². The average Bonchev–Trinajstić information content (AvgIpc) is 3.55. The van der Waals surface area contributed by atoms with E-state index in [0.29, 0.717) is 12.3 Å². The van der Waals surface area contributed by atoms with Crippen molar-refractivity contribution in [3.05, 3.63) is 47.3 Å². The van der Waals surface area contributed by atoms with Crippen molar-refractivity contribution >= 4 is 49.1 Å². The van der Waals surface area contributed by atoms with Gasteiger partial charge in [0.2, 0.25) is 5.88 Å². The van der Waals surface area contributed by atoms with Crippen molar-refractivity contribution < 1.29 is 46.2 Å². The molecule has 3 aromatic heterocycles. The lowest BCUT2D eigenvalue weighted by Crippen LogP contribution is -2.35. The Hall–Kier alpha value is -1.85. The molecule has 2 aliphatic heterocycles. The highest BCUT2D eigenvalue weighted by molar-refractivity contribution is 8.44. The van der Waals surface area contributed by atoms with Crippen LogP contribution in [0.2, 0.25) is 0 Å². The van der Waals surface area contributed by atoms with Crippen LogP contribution in [0.15, 0.2) is 35.9 Å². The van der Waals surface area contributed by atoms with Crippen LogP contribution in [0.5, 0.6) is 5.88 Å². The summed E-state index contributed by atoms with van der Waals surface area (Å²) in [4.78, 5) is 26.4. The van der Waals surface area contributed by atoms with Crippen LogP contribution in [0.25, 0.3) is 11.0 Å². The fourth-order valence-electron chi connectivity index (χ4n) is 5.14. The number of rotatable bonds is 3. The molecule has 0 radical (unpaired) electrons. The average molecular weight is 652 g/mol. The van der Waals surface area contributed by atoms with E-state index < -0.39 is 74.2 Å². The smallest absolute Gasteiger partial charge is 0.386 e. The number of aliphatic hydroxyl groups excluding tert-OH is 1. The summed E-state index contributed by atoms with van der Waals surface area (Å²) >= 11 is 8.19. The number of aliphatic hydroxyl groups is 1. The number of H-pyrrole nitrogens is 1. The molecule has 222 valence electrons. The van der Waals surface area contributed by atoms with Crippen LogP contribution >= 0.6 is 38.1 Å². The molecule has 9 atom stereocenters. The Bertz CT molecular complexity index is 1580. The Morgan fingerprint density at radius 2 is 1.90 bits per heavy atom. The molecular formula is C21H24FN5O10P2S2. The molecule has 2 N–H and O–H groups in total. The molecule has 0 unspecified atom stereocenters. The van der Waals surface area contributed by atoms with Gasteiger partial charge < -0.3 is 28.7 Å². The van der Waals surface area contributed by atoms with Gasteiger partial charge in [-0.15, -0.1) is 0 Å². The summed E-state index contributed by atoms with van der Waals surface area (Å²) in [5.74, 6) is -1.08. The summed E-state index contributed by atoms with van der Waals surface area (Å²) in [6.45, 7) is -8.97. The van der Waals surface area contributed by atoms with Crippen LogP contribution in [0.4, 0.5) is 4.39 Å². The highest BCUT2D eigenvalue weighted by Crippen LogP contribution is 2.60. The third-order valence-corrected chi connectivity index (χ3v) is 10.2. The van der Waals surface area contributed by atoms with Crippen LogP contribution in [0, 0.1) is 11.7 Å². The fraction of sp³-hybridized carbons (Fsp3) is 0.524. The zero-order valence-electron chi connectivity index (χ0n) is 20.8. The number of aromatic amines is 1. The van der Waals surface area contributed by atoms with Gasteiger partial charge in [0.15, 0.2) is 17.7 Å². The normalized spacial score (nSPS) is 38.1. The largest absolute Gasteiger partial charge is 0.474 e. The Kier molecular flexibility index (Phi) is 8.08. The Labute approximate surface area is 241 Å². The molecule has 6 rings (SSSR count). The Morgan fingerprint density at radius 1 is 1.12 bits per heavy atom. The maximum Gasteiger partial charge on any atom is 0.386 e. The molecule has 2 bridgehead atoms. The molecule has 0 spiro atoms. The summed E-state index contributed by atoms with van der Waals surface area (Å²) < 4.78 is 76.7. The summed E-state index contributed by atoms with van der Waals surface area (Å²) in [5, 5.41) is 10.7. The minimum Gasteiger partial charge on any atom is -0.474 e. The van der Waals surface area contributed by atoms with Gasteiger partial charge in [-0.1, -0.05) is 24.5 Å². The van der Waals surface area contributed by atoms with Crippen LogP contribution in [-0.2, 0) is 32.0 Å². The second kappa shape index (κ2) is 11.3. The maximum absolute atomic E-state index is 14.7. The number of ether oxygens (including phenoxy) is 2. The standard InChI is InChI=1S/C21H24FN5O10P2S2/c22-12-5-27(19-16(12)20(29)26-9-25-19)21-18-17(28)14(35-21)7-33-38(30,40)36-13-4-11(34-15-1-2-23-8-24-15)3-10(13)6-32-39(31,41)37-18/h1-2,5,8-11,13-14,17-18,21,28H,3-4,6-7H2,(H,30,40)(H,31,41)(H,25,26,29)/t10-,11-,13+,14-,17-,18-,21-,38-,39-/m1/s1. The zero-order valence-corrected chi connectivity index (χ0v) is 24.4. The molecule has 1 aliphatic carbocycles. The Balaban J connectivity index is 1.28. The SMILES string of the molecule is O=c1[nH]cnc2c1c(F)cn2[C@@H]1O[C@@H]2CO[P@@](=O)(S)O[C@H]3C[C@H](Oc4ccncn4)C[C@@H]3CO[P@@](=O)(S)O[C@@H]1[C@@H]2O. The summed E-state index contributed by atoms with van der Waals surface area (Å²) in [5.41, 5.74) is -0.866. The third-order valence-electron chi connectivity index (χ3n) is 6.96. The molecule has 0 aromatic carbocycles. The lowest BCUT2D eigenvalue weighted by atomic mass is 10.1. The molecular weight excluding hydrogens is 627 g/mol. The van der Waals surface area contributed by atoms with Gasteiger partial charge in [-0.3, -0.25) is 18.4 Å². The van der Waals surface area contributed by atoms with Gasteiger partial charge in [0, 0.05) is 30.8 Å². The van der Waals surface area contributed by atoms with Gasteiger partial charge in [-0.05, 0) is 6.42 Å². The topological polar surface area (TPSA) is 186 Å². The number of halogens is 1. The van der Waals surface area contributed by atoms with E-state index in [1.165, 1.54) is 12.5 Å². The maximum atomic E-state index is 14.7. The number of nitrogens with one attached hydrogen (secondary N) is 1. The first-order chi connectivity index (χ1) is 19.5. The number of hydrogen-bond acceptors (Lipinski definition) is 13. The number of aromatic nitrogens is 5. The molecule has 1 saturated carbocycles. The van der Waals surface area contributed by atoms with Gasteiger partial charge in [-0.25, -0.2) is 28.5 Å². The second-order valence-electron chi connectivity index (χ2n) is 9.63. The number of thiol groups is 2. The van der Waals surface area contributed by atoms with E-state index >= 15 is 0 Å². The molecule has 3 fully saturated rings. The summed E-state index contributed by atoms with van der Waals surface area (Å²) in [6, 6.07) is 1.58. The lowest BCUT2D eigenvalue weighted by Gasteiger charge is -2.26. The van der Waals surface area contributed by atoms with E-state index in [1.54, 1.807) is 6.07 Å². The summed E-state index contributed by atoms with van der Waals surface area (Å²) in [7, 11) is 0. The molecule has 3 aromatic rings. The van der Waals surface area contributed by atoms with Crippen molar-refractivity contribution in [2.24, 2.45) is 5.92 Å². The van der Waals surface area contributed by atoms with Gasteiger partial charge in [0.25, 0.3) is 5.56 Å². The second-order valence-corrected chi connectivity index (χ2v) is 15.4. The van der Waals surface area contributed by atoms with Crippen molar-refractivity contribution in [1.82, 2.24) is 24.5 Å². The van der Waals surface area contributed by atoms with Gasteiger partial charge >= 0.3 is 13.6 Å².